The van der Waals surface area contributed by atoms with Crippen LogP contribution in [0.2, 0.25) is 0 Å². The summed E-state index contributed by atoms with van der Waals surface area (Å²) < 4.78 is 10.0. The number of rotatable bonds is 9. The van der Waals surface area contributed by atoms with Gasteiger partial charge in [-0.3, -0.25) is 14.4 Å². The van der Waals surface area contributed by atoms with Gasteiger partial charge in [0.25, 0.3) is 11.8 Å². The molecule has 0 saturated carbocycles. The third-order valence-electron chi connectivity index (χ3n) is 4.50. The van der Waals surface area contributed by atoms with Gasteiger partial charge in [0.05, 0.1) is 18.4 Å². The van der Waals surface area contributed by atoms with E-state index in [-0.39, 0.29) is 5.56 Å². The van der Waals surface area contributed by atoms with E-state index in [0.29, 0.717) is 11.5 Å². The molecule has 0 atom stereocenters. The predicted molar refractivity (Wildman–Crippen MR) is 123 cm³/mol. The molecule has 3 aromatic rings. The highest BCUT2D eigenvalue weighted by atomic mass is 16.5. The van der Waals surface area contributed by atoms with Crippen LogP contribution >= 0.6 is 0 Å². The Bertz CT molecular complexity index is 1090. The molecule has 0 aliphatic carbocycles. The van der Waals surface area contributed by atoms with Crippen molar-refractivity contribution in [3.8, 4) is 5.75 Å². The fourth-order valence-corrected chi connectivity index (χ4v) is 2.92. The quantitative estimate of drug-likeness (QED) is 0.299. The molecule has 2 N–H and O–H groups in total. The number of benzene rings is 3. The molecule has 8 heteroatoms. The van der Waals surface area contributed by atoms with E-state index in [1.807, 2.05) is 60.7 Å². The van der Waals surface area contributed by atoms with Gasteiger partial charge < -0.3 is 14.8 Å². The molecule has 0 unspecified atom stereocenters. The minimum absolute atomic E-state index is 0.286. The fourth-order valence-electron chi connectivity index (χ4n) is 2.92. The van der Waals surface area contributed by atoms with Gasteiger partial charge in [0.15, 0.2) is 6.61 Å². The lowest BCUT2D eigenvalue weighted by Crippen LogP contribution is -2.33. The number of carbonyl (C=O) groups is 3. The summed E-state index contributed by atoms with van der Waals surface area (Å²) in [6.45, 7) is -0.934. The van der Waals surface area contributed by atoms with Crippen molar-refractivity contribution < 1.29 is 23.9 Å². The Kier molecular flexibility index (Phi) is 8.30. The molecule has 168 valence electrons. The molecule has 8 nitrogen and oxygen atoms in total. The monoisotopic (exact) mass is 445 g/mol. The normalized spacial score (nSPS) is 9.97. The van der Waals surface area contributed by atoms with Crippen LogP contribution in [0.3, 0.4) is 0 Å². The third-order valence-corrected chi connectivity index (χ3v) is 4.50. The minimum Gasteiger partial charge on any atom is -0.496 e. The Labute approximate surface area is 191 Å². The number of hydrogen-bond donors (Lipinski definition) is 2. The number of para-hydroxylation sites is 1. The summed E-state index contributed by atoms with van der Waals surface area (Å²) in [4.78, 5) is 36.3. The highest BCUT2D eigenvalue weighted by Crippen LogP contribution is 2.16. The third kappa shape index (κ3) is 6.76. The van der Waals surface area contributed by atoms with Crippen molar-refractivity contribution >= 4 is 23.5 Å². The zero-order chi connectivity index (χ0) is 23.5. The molecule has 0 saturated heterocycles. The Morgan fingerprint density at radius 1 is 0.818 bits per heavy atom. The number of carbonyl (C=O) groups excluding carboxylic acids is 3. The molecule has 0 spiro atoms. The van der Waals surface area contributed by atoms with Gasteiger partial charge in [0, 0.05) is 11.1 Å². The topological polar surface area (TPSA) is 106 Å². The first-order valence-corrected chi connectivity index (χ1v) is 10.1. The van der Waals surface area contributed by atoms with Gasteiger partial charge in [-0.25, -0.2) is 5.43 Å². The van der Waals surface area contributed by atoms with E-state index in [2.05, 4.69) is 15.8 Å². The van der Waals surface area contributed by atoms with Crippen molar-refractivity contribution in [1.82, 2.24) is 10.7 Å². The number of nitrogens with zero attached hydrogens (tertiary/aromatic N) is 1. The van der Waals surface area contributed by atoms with Gasteiger partial charge in [0.2, 0.25) is 0 Å². The minimum atomic E-state index is -0.760. The molecule has 2 amide bonds. The second-order valence-corrected chi connectivity index (χ2v) is 6.77. The number of amides is 2. The summed E-state index contributed by atoms with van der Waals surface area (Å²) in [5.74, 6) is -1.48. The maximum Gasteiger partial charge on any atom is 0.325 e. The maximum atomic E-state index is 12.2. The lowest BCUT2D eigenvalue weighted by atomic mass is 10.0. The molecule has 0 radical (unpaired) electrons. The summed E-state index contributed by atoms with van der Waals surface area (Å²) in [5, 5.41) is 6.65. The first kappa shape index (κ1) is 23.2. The van der Waals surface area contributed by atoms with Crippen molar-refractivity contribution in [2.24, 2.45) is 5.10 Å². The molecule has 0 bridgehead atoms. The number of ether oxygens (including phenoxy) is 2. The average Bonchev–Trinajstić information content (AvgIpc) is 2.87. The van der Waals surface area contributed by atoms with Gasteiger partial charge in [0.1, 0.15) is 12.3 Å². The first-order chi connectivity index (χ1) is 16.1. The average molecular weight is 445 g/mol. The van der Waals surface area contributed by atoms with Crippen molar-refractivity contribution in [1.29, 1.82) is 0 Å². The van der Waals surface area contributed by atoms with Gasteiger partial charge in [-0.2, -0.15) is 5.10 Å². The van der Waals surface area contributed by atoms with Crippen LogP contribution in [0.25, 0.3) is 0 Å². The van der Waals surface area contributed by atoms with E-state index in [1.165, 1.54) is 7.11 Å². The first-order valence-electron chi connectivity index (χ1n) is 10.1. The Morgan fingerprint density at radius 2 is 1.39 bits per heavy atom. The lowest BCUT2D eigenvalue weighted by Gasteiger charge is -2.09. The molecule has 33 heavy (non-hydrogen) atoms. The second kappa shape index (κ2) is 11.8. The molecule has 3 rings (SSSR count). The summed E-state index contributed by atoms with van der Waals surface area (Å²) in [7, 11) is 1.45. The number of esters is 1. The zero-order valence-electron chi connectivity index (χ0n) is 18.0. The molecule has 0 fully saturated rings. The second-order valence-electron chi connectivity index (χ2n) is 6.77. The van der Waals surface area contributed by atoms with E-state index in [0.717, 1.165) is 11.1 Å². The zero-order valence-corrected chi connectivity index (χ0v) is 18.0. The summed E-state index contributed by atoms with van der Waals surface area (Å²) in [5.41, 5.74) is 4.90. The van der Waals surface area contributed by atoms with Crippen LogP contribution in [-0.4, -0.2) is 43.8 Å². The van der Waals surface area contributed by atoms with Crippen LogP contribution in [0.15, 0.2) is 90.0 Å². The van der Waals surface area contributed by atoms with Gasteiger partial charge in [-0.1, -0.05) is 72.8 Å². The summed E-state index contributed by atoms with van der Waals surface area (Å²) in [6, 6.07) is 25.4. The highest BCUT2D eigenvalue weighted by molar-refractivity contribution is 6.13. The molecule has 0 aliphatic rings. The fraction of sp³-hybridized carbons (Fsp3) is 0.120. The summed E-state index contributed by atoms with van der Waals surface area (Å²) >= 11 is 0. The van der Waals surface area contributed by atoms with Crippen molar-refractivity contribution in [3.05, 3.63) is 102 Å². The van der Waals surface area contributed by atoms with Crippen LogP contribution in [0.4, 0.5) is 0 Å². The standard InChI is InChI=1S/C25H23N3O5/c1-32-21-15-9-8-14-20(21)25(31)26-16-23(30)33-17-22(29)27-28-24(18-10-4-2-5-11-18)19-12-6-3-7-13-19/h2-15H,16-17H2,1H3,(H,26,31)(H,27,29). The van der Waals surface area contributed by atoms with E-state index in [4.69, 9.17) is 9.47 Å². The molecule has 0 aliphatic heterocycles. The van der Waals surface area contributed by atoms with E-state index < -0.39 is 30.9 Å². The van der Waals surface area contributed by atoms with Gasteiger partial charge in [-0.05, 0) is 12.1 Å². The van der Waals surface area contributed by atoms with Gasteiger partial charge >= 0.3 is 5.97 Å². The molecule has 0 aromatic heterocycles. The van der Waals surface area contributed by atoms with Crippen LogP contribution in [0.5, 0.6) is 5.75 Å². The van der Waals surface area contributed by atoms with Crippen LogP contribution in [0.1, 0.15) is 21.5 Å². The number of hydrazone groups is 1. The van der Waals surface area contributed by atoms with Crippen LogP contribution in [0, 0.1) is 0 Å². The van der Waals surface area contributed by atoms with Crippen LogP contribution < -0.4 is 15.5 Å². The Balaban J connectivity index is 1.53. The van der Waals surface area contributed by atoms with Crippen LogP contribution in [-0.2, 0) is 14.3 Å². The van der Waals surface area contributed by atoms with Crippen molar-refractivity contribution in [3.63, 3.8) is 0 Å². The Morgan fingerprint density at radius 3 is 2.00 bits per heavy atom. The largest absolute Gasteiger partial charge is 0.496 e. The van der Waals surface area contributed by atoms with E-state index >= 15 is 0 Å². The highest BCUT2D eigenvalue weighted by Gasteiger charge is 2.14. The summed E-state index contributed by atoms with van der Waals surface area (Å²) in [6.07, 6.45) is 0. The molecular formula is C25H23N3O5. The number of nitrogens with one attached hydrogen (secondary N) is 2. The molecule has 3 aromatic carbocycles. The van der Waals surface area contributed by atoms with Crippen molar-refractivity contribution in [2.45, 2.75) is 0 Å². The smallest absolute Gasteiger partial charge is 0.325 e. The van der Waals surface area contributed by atoms with E-state index in [1.54, 1.807) is 24.3 Å². The lowest BCUT2D eigenvalue weighted by molar-refractivity contribution is -0.147. The SMILES string of the molecule is COc1ccccc1C(=O)NCC(=O)OCC(=O)NN=C(c1ccccc1)c1ccccc1. The molecule has 0 heterocycles. The number of hydrogen-bond acceptors (Lipinski definition) is 6. The predicted octanol–water partition coefficient (Wildman–Crippen LogP) is 2.54. The van der Waals surface area contributed by atoms with E-state index in [9.17, 15) is 14.4 Å². The Hall–Kier alpha value is -4.46. The maximum absolute atomic E-state index is 12.2. The van der Waals surface area contributed by atoms with Gasteiger partial charge in [-0.15, -0.1) is 0 Å². The number of methoxy groups -OCH3 is 1. The van der Waals surface area contributed by atoms with Crippen molar-refractivity contribution in [2.75, 3.05) is 20.3 Å². The molecular weight excluding hydrogens is 422 g/mol.